The second-order valence-electron chi connectivity index (χ2n) is 4.94. The van der Waals surface area contributed by atoms with E-state index >= 15 is 0 Å². The zero-order chi connectivity index (χ0) is 13.8. The van der Waals surface area contributed by atoms with E-state index in [1.165, 1.54) is 16.7 Å². The first-order valence-corrected chi connectivity index (χ1v) is 6.58. The summed E-state index contributed by atoms with van der Waals surface area (Å²) in [5.41, 5.74) is 5.00. The number of ether oxygens (including phenoxy) is 1. The van der Waals surface area contributed by atoms with Crippen molar-refractivity contribution >= 4 is 5.69 Å². The maximum atomic E-state index is 5.26. The van der Waals surface area contributed by atoms with Crippen LogP contribution in [-0.4, -0.2) is 7.11 Å². The van der Waals surface area contributed by atoms with Crippen LogP contribution < -0.4 is 10.1 Å². The summed E-state index contributed by atoms with van der Waals surface area (Å²) in [5.74, 6) is 0.895. The Morgan fingerprint density at radius 2 is 1.79 bits per heavy atom. The fraction of sp³-hybridized carbons (Fsp3) is 0.294. The Morgan fingerprint density at radius 1 is 1.00 bits per heavy atom. The van der Waals surface area contributed by atoms with Gasteiger partial charge in [0.15, 0.2) is 0 Å². The molecule has 0 aromatic heterocycles. The van der Waals surface area contributed by atoms with Gasteiger partial charge in [0.1, 0.15) is 5.75 Å². The largest absolute Gasteiger partial charge is 0.497 e. The van der Waals surface area contributed by atoms with Crippen LogP contribution >= 0.6 is 0 Å². The Morgan fingerprint density at radius 3 is 2.47 bits per heavy atom. The summed E-state index contributed by atoms with van der Waals surface area (Å²) in [4.78, 5) is 0. The van der Waals surface area contributed by atoms with Crippen LogP contribution in [0.25, 0.3) is 0 Å². The second kappa shape index (κ2) is 5.79. The summed E-state index contributed by atoms with van der Waals surface area (Å²) in [7, 11) is 1.69. The molecule has 2 rings (SSSR count). The summed E-state index contributed by atoms with van der Waals surface area (Å²) in [5, 5.41) is 3.52. The van der Waals surface area contributed by atoms with Crippen molar-refractivity contribution in [3.8, 4) is 5.75 Å². The van der Waals surface area contributed by atoms with E-state index in [-0.39, 0.29) is 6.04 Å². The average Bonchev–Trinajstić information content (AvgIpc) is 2.43. The minimum Gasteiger partial charge on any atom is -0.497 e. The molecule has 0 aliphatic rings. The fourth-order valence-corrected chi connectivity index (χ4v) is 2.08. The number of aryl methyl sites for hydroxylation is 2. The lowest BCUT2D eigenvalue weighted by molar-refractivity contribution is 0.414. The lowest BCUT2D eigenvalue weighted by atomic mass is 10.1. The zero-order valence-corrected chi connectivity index (χ0v) is 12.0. The molecule has 0 bridgehead atoms. The standard InChI is InChI=1S/C17H21NO/c1-12-8-9-16(10-13(12)2)18-14(3)15-6-5-7-17(11-15)19-4/h5-11,14,18H,1-4H3. The number of hydrogen-bond donors (Lipinski definition) is 1. The van der Waals surface area contributed by atoms with Gasteiger partial charge in [0.05, 0.1) is 7.11 Å². The number of nitrogens with one attached hydrogen (secondary N) is 1. The molecule has 2 nitrogen and oxygen atoms in total. The molecule has 2 aromatic rings. The number of rotatable bonds is 4. The van der Waals surface area contributed by atoms with Crippen molar-refractivity contribution in [2.45, 2.75) is 26.8 Å². The van der Waals surface area contributed by atoms with E-state index < -0.39 is 0 Å². The molecule has 2 aromatic carbocycles. The van der Waals surface area contributed by atoms with Crippen molar-refractivity contribution in [3.05, 3.63) is 59.2 Å². The summed E-state index contributed by atoms with van der Waals surface area (Å²) in [6, 6.07) is 14.9. The monoisotopic (exact) mass is 255 g/mol. The Hall–Kier alpha value is -1.96. The third-order valence-electron chi connectivity index (χ3n) is 3.48. The van der Waals surface area contributed by atoms with Crippen LogP contribution in [0, 0.1) is 13.8 Å². The topological polar surface area (TPSA) is 21.3 Å². The molecule has 0 aliphatic heterocycles. The lowest BCUT2D eigenvalue weighted by Gasteiger charge is -2.17. The highest BCUT2D eigenvalue weighted by atomic mass is 16.5. The summed E-state index contributed by atoms with van der Waals surface area (Å²) >= 11 is 0. The predicted molar refractivity (Wildman–Crippen MR) is 80.9 cm³/mol. The summed E-state index contributed by atoms with van der Waals surface area (Å²) < 4.78 is 5.26. The van der Waals surface area contributed by atoms with Gasteiger partial charge in [-0.1, -0.05) is 18.2 Å². The Kier molecular flexibility index (Phi) is 4.10. The molecular weight excluding hydrogens is 234 g/mol. The van der Waals surface area contributed by atoms with E-state index in [0.29, 0.717) is 0 Å². The van der Waals surface area contributed by atoms with Crippen molar-refractivity contribution in [1.29, 1.82) is 0 Å². The van der Waals surface area contributed by atoms with Crippen LogP contribution in [0.2, 0.25) is 0 Å². The first-order chi connectivity index (χ1) is 9.10. The molecule has 1 N–H and O–H groups in total. The van der Waals surface area contributed by atoms with Crippen LogP contribution in [-0.2, 0) is 0 Å². The molecule has 1 unspecified atom stereocenters. The maximum Gasteiger partial charge on any atom is 0.119 e. The molecule has 0 spiro atoms. The zero-order valence-electron chi connectivity index (χ0n) is 12.0. The van der Waals surface area contributed by atoms with E-state index in [0.717, 1.165) is 11.4 Å². The first-order valence-electron chi connectivity index (χ1n) is 6.58. The van der Waals surface area contributed by atoms with Gasteiger partial charge in [-0.05, 0) is 61.7 Å². The SMILES string of the molecule is COc1cccc(C(C)Nc2ccc(C)c(C)c2)c1. The number of anilines is 1. The third kappa shape index (κ3) is 3.28. The van der Waals surface area contributed by atoms with Gasteiger partial charge in [-0.3, -0.25) is 0 Å². The molecule has 19 heavy (non-hydrogen) atoms. The van der Waals surface area contributed by atoms with Crippen LogP contribution in [0.5, 0.6) is 5.75 Å². The Bertz CT molecular complexity index is 563. The second-order valence-corrected chi connectivity index (χ2v) is 4.94. The number of methoxy groups -OCH3 is 1. The van der Waals surface area contributed by atoms with Crippen molar-refractivity contribution in [1.82, 2.24) is 0 Å². The van der Waals surface area contributed by atoms with Crippen molar-refractivity contribution in [2.75, 3.05) is 12.4 Å². The molecule has 0 fully saturated rings. The highest BCUT2D eigenvalue weighted by molar-refractivity contribution is 5.50. The molecular formula is C17H21NO. The van der Waals surface area contributed by atoms with E-state index in [4.69, 9.17) is 4.74 Å². The minimum atomic E-state index is 0.247. The van der Waals surface area contributed by atoms with Gasteiger partial charge in [-0.25, -0.2) is 0 Å². The fourth-order valence-electron chi connectivity index (χ4n) is 2.08. The predicted octanol–water partition coefficient (Wildman–Crippen LogP) is 4.49. The molecule has 0 aliphatic carbocycles. The van der Waals surface area contributed by atoms with Crippen LogP contribution in [0.4, 0.5) is 5.69 Å². The Labute approximate surface area is 115 Å². The van der Waals surface area contributed by atoms with Gasteiger partial charge in [-0.2, -0.15) is 0 Å². The lowest BCUT2D eigenvalue weighted by Crippen LogP contribution is -2.07. The van der Waals surface area contributed by atoms with Crippen molar-refractivity contribution < 1.29 is 4.74 Å². The Balaban J connectivity index is 2.15. The quantitative estimate of drug-likeness (QED) is 0.869. The molecule has 0 heterocycles. The molecule has 0 saturated heterocycles. The molecule has 100 valence electrons. The number of benzene rings is 2. The van der Waals surface area contributed by atoms with Gasteiger partial charge in [-0.15, -0.1) is 0 Å². The molecule has 0 amide bonds. The van der Waals surface area contributed by atoms with Crippen LogP contribution in [0.15, 0.2) is 42.5 Å². The van der Waals surface area contributed by atoms with Crippen LogP contribution in [0.1, 0.15) is 29.7 Å². The first kappa shape index (κ1) is 13.5. The highest BCUT2D eigenvalue weighted by Crippen LogP contribution is 2.23. The molecule has 0 saturated carbocycles. The summed E-state index contributed by atoms with van der Waals surface area (Å²) in [6.07, 6.45) is 0. The smallest absolute Gasteiger partial charge is 0.119 e. The van der Waals surface area contributed by atoms with Gasteiger partial charge in [0, 0.05) is 11.7 Å². The van der Waals surface area contributed by atoms with Crippen molar-refractivity contribution in [3.63, 3.8) is 0 Å². The van der Waals surface area contributed by atoms with Gasteiger partial charge >= 0.3 is 0 Å². The summed E-state index contributed by atoms with van der Waals surface area (Å²) in [6.45, 7) is 6.42. The maximum absolute atomic E-state index is 5.26. The normalized spacial score (nSPS) is 12.0. The van der Waals surface area contributed by atoms with E-state index in [9.17, 15) is 0 Å². The van der Waals surface area contributed by atoms with Gasteiger partial charge < -0.3 is 10.1 Å². The molecule has 1 atom stereocenters. The van der Waals surface area contributed by atoms with E-state index in [1.54, 1.807) is 7.11 Å². The van der Waals surface area contributed by atoms with Crippen LogP contribution in [0.3, 0.4) is 0 Å². The molecule has 2 heteroatoms. The third-order valence-corrected chi connectivity index (χ3v) is 3.48. The van der Waals surface area contributed by atoms with Gasteiger partial charge in [0.25, 0.3) is 0 Å². The van der Waals surface area contributed by atoms with E-state index in [2.05, 4.69) is 56.4 Å². The molecule has 0 radical (unpaired) electrons. The minimum absolute atomic E-state index is 0.247. The van der Waals surface area contributed by atoms with E-state index in [1.807, 2.05) is 12.1 Å². The highest BCUT2D eigenvalue weighted by Gasteiger charge is 2.06. The number of hydrogen-bond acceptors (Lipinski definition) is 2. The average molecular weight is 255 g/mol. The van der Waals surface area contributed by atoms with Gasteiger partial charge in [0.2, 0.25) is 0 Å². The van der Waals surface area contributed by atoms with Crippen molar-refractivity contribution in [2.24, 2.45) is 0 Å².